The van der Waals surface area contributed by atoms with Crippen LogP contribution in [0.4, 0.5) is 0 Å². The standard InChI is InChI=1S/C36H45N3O3/c1-19-11-13-27(24-12-14-30(42-10)26(15-24)18-38(6)7)28-16-25-17-29-34(39(8)9)35(40)33(23(5)37)22(4)36(29,41)21(3)32(25)20(2)31(19)28/h11-15,25,29,34,40-41H,2,4-5,16-18,37H2,1,3,6-10H3/t25-,29-,34-,36-/m0/s1. The molecule has 0 saturated carbocycles. The number of fused-ring (bicyclic) bond motifs is 3. The van der Waals surface area contributed by atoms with Crippen molar-refractivity contribution in [1.29, 1.82) is 0 Å². The summed E-state index contributed by atoms with van der Waals surface area (Å²) in [6.45, 7) is 17.7. The molecule has 0 saturated heterocycles. The molecule has 0 amide bonds. The molecule has 0 fully saturated rings. The number of aliphatic hydroxyl groups excluding tert-OH is 1. The van der Waals surface area contributed by atoms with Crippen LogP contribution in [0.5, 0.6) is 5.75 Å². The lowest BCUT2D eigenvalue weighted by Crippen LogP contribution is -2.58. The molecule has 0 aromatic heterocycles. The number of aryl methyl sites for hydroxylation is 1. The number of allylic oxidation sites excluding steroid dienone is 3. The van der Waals surface area contributed by atoms with E-state index in [9.17, 15) is 10.2 Å². The zero-order valence-corrected chi connectivity index (χ0v) is 26.1. The number of aliphatic hydroxyl groups is 2. The van der Waals surface area contributed by atoms with E-state index < -0.39 is 11.6 Å². The summed E-state index contributed by atoms with van der Waals surface area (Å²) in [5, 5.41) is 24.0. The van der Waals surface area contributed by atoms with Gasteiger partial charge in [0, 0.05) is 29.3 Å². The first-order valence-corrected chi connectivity index (χ1v) is 14.6. The summed E-state index contributed by atoms with van der Waals surface area (Å²) >= 11 is 0. The molecule has 4 N–H and O–H groups in total. The van der Waals surface area contributed by atoms with Gasteiger partial charge in [-0.2, -0.15) is 0 Å². The first-order chi connectivity index (χ1) is 19.7. The van der Waals surface area contributed by atoms with Crippen LogP contribution in [0.2, 0.25) is 0 Å². The Morgan fingerprint density at radius 3 is 2.40 bits per heavy atom. The summed E-state index contributed by atoms with van der Waals surface area (Å²) < 4.78 is 5.68. The normalized spacial score (nSPS) is 25.5. The van der Waals surface area contributed by atoms with Crippen molar-refractivity contribution in [2.75, 3.05) is 35.3 Å². The molecular weight excluding hydrogens is 522 g/mol. The van der Waals surface area contributed by atoms with Crippen LogP contribution in [-0.2, 0) is 13.0 Å². The van der Waals surface area contributed by atoms with Gasteiger partial charge in [-0.1, -0.05) is 37.9 Å². The van der Waals surface area contributed by atoms with Gasteiger partial charge in [-0.05, 0) is 123 Å². The second kappa shape index (κ2) is 10.6. The first kappa shape index (κ1) is 29.9. The molecule has 4 atom stereocenters. The van der Waals surface area contributed by atoms with Gasteiger partial charge in [0.25, 0.3) is 0 Å². The molecule has 42 heavy (non-hydrogen) atoms. The van der Waals surface area contributed by atoms with E-state index in [4.69, 9.17) is 10.5 Å². The minimum atomic E-state index is -1.38. The molecular formula is C36H45N3O3. The fourth-order valence-electron chi connectivity index (χ4n) is 7.96. The molecule has 5 rings (SSSR count). The Morgan fingerprint density at radius 2 is 1.81 bits per heavy atom. The van der Waals surface area contributed by atoms with Crippen LogP contribution in [0.25, 0.3) is 16.7 Å². The van der Waals surface area contributed by atoms with E-state index >= 15 is 0 Å². The number of likely N-dealkylation sites (N-methyl/N-ethyl adjacent to an activating group) is 1. The van der Waals surface area contributed by atoms with Crippen LogP contribution in [0.15, 0.2) is 83.8 Å². The number of methoxy groups -OCH3 is 1. The summed E-state index contributed by atoms with van der Waals surface area (Å²) in [4.78, 5) is 4.11. The quantitative estimate of drug-likeness (QED) is 0.411. The molecule has 2 aromatic rings. The van der Waals surface area contributed by atoms with Crippen LogP contribution in [0.1, 0.15) is 35.6 Å². The highest BCUT2D eigenvalue weighted by molar-refractivity contribution is 5.89. The first-order valence-electron chi connectivity index (χ1n) is 14.6. The molecule has 0 spiro atoms. The number of hydrogen-bond donors (Lipinski definition) is 3. The predicted molar refractivity (Wildman–Crippen MR) is 172 cm³/mol. The van der Waals surface area contributed by atoms with Crippen LogP contribution >= 0.6 is 0 Å². The van der Waals surface area contributed by atoms with Crippen LogP contribution < -0.4 is 10.5 Å². The maximum absolute atomic E-state index is 12.6. The highest BCUT2D eigenvalue weighted by atomic mass is 16.5. The molecule has 6 nitrogen and oxygen atoms in total. The Hall–Kier alpha value is -3.58. The van der Waals surface area contributed by atoms with E-state index in [1.807, 2.05) is 25.9 Å². The number of nitrogens with zero attached hydrogens (tertiary/aromatic N) is 2. The third kappa shape index (κ3) is 4.36. The second-order valence-corrected chi connectivity index (χ2v) is 12.7. The minimum absolute atomic E-state index is 0.126. The Balaban J connectivity index is 1.69. The lowest BCUT2D eigenvalue weighted by Gasteiger charge is -2.54. The fourth-order valence-corrected chi connectivity index (χ4v) is 7.96. The SMILES string of the molecule is C=C(N)C1=C(O)[C@@H](N(C)C)[C@@H]2C[C@@H]3Cc4c(-c5ccc(OC)c(CN(C)C)c5)ccc(C)c4C(=C)C3=C(C)[C@]2(O)C1=C. The van der Waals surface area contributed by atoms with Gasteiger partial charge in [-0.3, -0.25) is 4.90 Å². The van der Waals surface area contributed by atoms with Crippen molar-refractivity contribution in [1.82, 2.24) is 9.80 Å². The summed E-state index contributed by atoms with van der Waals surface area (Å²) in [5.74, 6) is 0.819. The number of nitrogens with two attached hydrogens (primary N) is 1. The number of ether oxygens (including phenoxy) is 1. The van der Waals surface area contributed by atoms with Gasteiger partial charge < -0.3 is 25.6 Å². The van der Waals surface area contributed by atoms with Crippen molar-refractivity contribution in [2.45, 2.75) is 44.9 Å². The third-order valence-electron chi connectivity index (χ3n) is 9.69. The van der Waals surface area contributed by atoms with E-state index in [0.29, 0.717) is 17.6 Å². The highest BCUT2D eigenvalue weighted by Crippen LogP contribution is 2.58. The molecule has 6 heteroatoms. The van der Waals surface area contributed by atoms with Gasteiger partial charge in [0.05, 0.1) is 13.2 Å². The molecule has 3 aliphatic rings. The Bertz CT molecular complexity index is 1580. The molecule has 3 aliphatic carbocycles. The second-order valence-electron chi connectivity index (χ2n) is 12.7. The average molecular weight is 568 g/mol. The van der Waals surface area contributed by atoms with Crippen LogP contribution in [-0.4, -0.2) is 67.0 Å². The van der Waals surface area contributed by atoms with Crippen molar-refractivity contribution in [3.8, 4) is 16.9 Å². The van der Waals surface area contributed by atoms with Crippen LogP contribution in [0, 0.1) is 18.8 Å². The van der Waals surface area contributed by atoms with Crippen molar-refractivity contribution < 1.29 is 14.9 Å². The molecule has 0 bridgehead atoms. The van der Waals surface area contributed by atoms with Crippen molar-refractivity contribution in [3.63, 3.8) is 0 Å². The van der Waals surface area contributed by atoms with Crippen molar-refractivity contribution >= 4 is 5.57 Å². The highest BCUT2D eigenvalue weighted by Gasteiger charge is 2.57. The molecule has 0 aliphatic heterocycles. The zero-order valence-electron chi connectivity index (χ0n) is 26.1. The number of hydrogen-bond acceptors (Lipinski definition) is 6. The Labute approximate surface area is 250 Å². The van der Waals surface area contributed by atoms with Gasteiger partial charge in [0.1, 0.15) is 17.1 Å². The third-order valence-corrected chi connectivity index (χ3v) is 9.69. The van der Waals surface area contributed by atoms with Gasteiger partial charge in [0.2, 0.25) is 0 Å². The molecule has 2 aromatic carbocycles. The maximum atomic E-state index is 12.6. The van der Waals surface area contributed by atoms with Gasteiger partial charge >= 0.3 is 0 Å². The Morgan fingerprint density at radius 1 is 1.12 bits per heavy atom. The lowest BCUT2D eigenvalue weighted by atomic mass is 9.55. The minimum Gasteiger partial charge on any atom is -0.510 e. The van der Waals surface area contributed by atoms with Gasteiger partial charge in [-0.25, -0.2) is 0 Å². The molecule has 0 heterocycles. The molecule has 222 valence electrons. The van der Waals surface area contributed by atoms with Crippen molar-refractivity contribution in [2.24, 2.45) is 17.6 Å². The lowest BCUT2D eigenvalue weighted by molar-refractivity contribution is -0.0178. The average Bonchev–Trinajstić information content (AvgIpc) is 2.90. The topological polar surface area (TPSA) is 82.2 Å². The smallest absolute Gasteiger partial charge is 0.123 e. The molecule has 0 radical (unpaired) electrons. The van der Waals surface area contributed by atoms with Gasteiger partial charge in [0.15, 0.2) is 0 Å². The molecule has 0 unspecified atom stereocenters. The van der Waals surface area contributed by atoms with E-state index in [1.165, 1.54) is 11.1 Å². The Kier molecular flexibility index (Phi) is 7.55. The summed E-state index contributed by atoms with van der Waals surface area (Å²) in [6, 6.07) is 10.4. The fraction of sp³-hybridized carbons (Fsp3) is 0.389. The van der Waals surface area contributed by atoms with Crippen molar-refractivity contribution in [3.05, 3.63) is 106 Å². The van der Waals surface area contributed by atoms with E-state index in [0.717, 1.165) is 57.7 Å². The monoisotopic (exact) mass is 567 g/mol. The summed E-state index contributed by atoms with van der Waals surface area (Å²) in [6.07, 6.45) is 1.48. The zero-order chi connectivity index (χ0) is 30.8. The van der Waals surface area contributed by atoms with Crippen LogP contribution in [0.3, 0.4) is 0 Å². The maximum Gasteiger partial charge on any atom is 0.123 e. The van der Waals surface area contributed by atoms with Gasteiger partial charge in [-0.15, -0.1) is 0 Å². The number of benzene rings is 2. The van der Waals surface area contributed by atoms with E-state index in [1.54, 1.807) is 7.11 Å². The largest absolute Gasteiger partial charge is 0.510 e. The summed E-state index contributed by atoms with van der Waals surface area (Å²) in [5.41, 5.74) is 15.7. The predicted octanol–water partition coefficient (Wildman–Crippen LogP) is 5.77. The number of rotatable bonds is 6. The van der Waals surface area contributed by atoms with E-state index in [2.05, 4.69) is 76.0 Å². The van der Waals surface area contributed by atoms with E-state index in [-0.39, 0.29) is 23.3 Å². The summed E-state index contributed by atoms with van der Waals surface area (Å²) in [7, 11) is 9.68.